The first-order valence-corrected chi connectivity index (χ1v) is 4.37. The highest BCUT2D eigenvalue weighted by Gasteiger charge is 2.06. The zero-order chi connectivity index (χ0) is 10.3. The Labute approximate surface area is 78.5 Å². The van der Waals surface area contributed by atoms with Crippen LogP contribution >= 0.6 is 0 Å². The molecule has 0 spiro atoms. The molecule has 0 aliphatic heterocycles. The van der Waals surface area contributed by atoms with Crippen molar-refractivity contribution >= 4 is 11.9 Å². The lowest BCUT2D eigenvalue weighted by Gasteiger charge is -2.14. The van der Waals surface area contributed by atoms with Crippen LogP contribution < -0.4 is 10.6 Å². The quantitative estimate of drug-likeness (QED) is 0.639. The van der Waals surface area contributed by atoms with Crippen LogP contribution in [0.1, 0.15) is 13.8 Å². The van der Waals surface area contributed by atoms with Crippen molar-refractivity contribution in [3.8, 4) is 0 Å². The van der Waals surface area contributed by atoms with E-state index in [1.807, 2.05) is 13.8 Å². The van der Waals surface area contributed by atoms with Crippen LogP contribution in [0.4, 0.5) is 4.79 Å². The molecule has 3 amide bonds. The summed E-state index contributed by atoms with van der Waals surface area (Å²) in [5.41, 5.74) is 0. The molecular formula is C8H17N3O2. The molecule has 2 N–H and O–H groups in total. The second kappa shape index (κ2) is 6.28. The summed E-state index contributed by atoms with van der Waals surface area (Å²) in [6, 6.07) is -0.228. The first-order chi connectivity index (χ1) is 6.11. The van der Waals surface area contributed by atoms with Gasteiger partial charge in [0.1, 0.15) is 0 Å². The van der Waals surface area contributed by atoms with Gasteiger partial charge in [-0.05, 0) is 13.8 Å². The van der Waals surface area contributed by atoms with Gasteiger partial charge in [0.15, 0.2) is 0 Å². The van der Waals surface area contributed by atoms with E-state index in [1.165, 1.54) is 4.90 Å². The highest BCUT2D eigenvalue weighted by molar-refractivity contribution is 5.83. The van der Waals surface area contributed by atoms with Crippen LogP contribution in [-0.4, -0.2) is 43.5 Å². The van der Waals surface area contributed by atoms with Crippen LogP contribution in [0.2, 0.25) is 0 Å². The summed E-state index contributed by atoms with van der Waals surface area (Å²) in [6.45, 7) is 4.94. The van der Waals surface area contributed by atoms with Crippen LogP contribution in [0.25, 0.3) is 0 Å². The molecule has 76 valence electrons. The third-order valence-electron chi connectivity index (χ3n) is 1.60. The average Bonchev–Trinajstić information content (AvgIpc) is 2.13. The third-order valence-corrected chi connectivity index (χ3v) is 1.60. The van der Waals surface area contributed by atoms with Gasteiger partial charge < -0.3 is 15.5 Å². The fourth-order valence-electron chi connectivity index (χ4n) is 0.694. The molecule has 0 aromatic rings. The summed E-state index contributed by atoms with van der Waals surface area (Å²) >= 11 is 0. The number of urea groups is 1. The fraction of sp³-hybridized carbons (Fsp3) is 0.750. The lowest BCUT2D eigenvalue weighted by molar-refractivity contribution is -0.120. The largest absolute Gasteiger partial charge is 0.355 e. The smallest absolute Gasteiger partial charge is 0.317 e. The maximum absolute atomic E-state index is 11.1. The minimum atomic E-state index is -0.228. The predicted molar refractivity (Wildman–Crippen MR) is 50.4 cm³/mol. The molecule has 0 atom stereocenters. The standard InChI is InChI=1S/C8H17N3O2/c1-4-9-7(12)6-10-8(13)11(3)5-2/h4-6H2,1-3H3,(H,9,12)(H,10,13). The van der Waals surface area contributed by atoms with Crippen LogP contribution in [-0.2, 0) is 4.79 Å². The molecule has 0 fully saturated rings. The molecule has 0 saturated carbocycles. The van der Waals surface area contributed by atoms with Crippen LogP contribution in [0.5, 0.6) is 0 Å². The number of nitrogens with one attached hydrogen (secondary N) is 2. The van der Waals surface area contributed by atoms with E-state index in [1.54, 1.807) is 7.05 Å². The van der Waals surface area contributed by atoms with E-state index in [2.05, 4.69) is 10.6 Å². The van der Waals surface area contributed by atoms with Crippen molar-refractivity contribution < 1.29 is 9.59 Å². The Balaban J connectivity index is 3.63. The summed E-state index contributed by atoms with van der Waals surface area (Å²) in [7, 11) is 1.67. The first-order valence-electron chi connectivity index (χ1n) is 4.37. The van der Waals surface area contributed by atoms with E-state index in [0.29, 0.717) is 13.1 Å². The minimum Gasteiger partial charge on any atom is -0.355 e. The number of carbonyl (C=O) groups excluding carboxylic acids is 2. The summed E-state index contributed by atoms with van der Waals surface area (Å²) in [4.78, 5) is 23.5. The monoisotopic (exact) mass is 187 g/mol. The van der Waals surface area contributed by atoms with E-state index in [4.69, 9.17) is 0 Å². The Morgan fingerprint density at radius 2 is 1.85 bits per heavy atom. The van der Waals surface area contributed by atoms with Crippen molar-refractivity contribution in [1.29, 1.82) is 0 Å². The third kappa shape index (κ3) is 5.05. The lowest BCUT2D eigenvalue weighted by atomic mass is 10.5. The van der Waals surface area contributed by atoms with E-state index >= 15 is 0 Å². The molecule has 0 aliphatic rings. The van der Waals surface area contributed by atoms with Gasteiger partial charge in [0.05, 0.1) is 6.54 Å². The number of carbonyl (C=O) groups is 2. The summed E-state index contributed by atoms with van der Waals surface area (Å²) in [5, 5.41) is 5.08. The Morgan fingerprint density at radius 1 is 1.23 bits per heavy atom. The highest BCUT2D eigenvalue weighted by Crippen LogP contribution is 1.81. The molecule has 0 aromatic carbocycles. The van der Waals surface area contributed by atoms with Gasteiger partial charge in [-0.3, -0.25) is 4.79 Å². The molecule has 0 unspecified atom stereocenters. The van der Waals surface area contributed by atoms with Gasteiger partial charge in [0, 0.05) is 20.1 Å². The van der Waals surface area contributed by atoms with Crippen molar-refractivity contribution in [3.63, 3.8) is 0 Å². The van der Waals surface area contributed by atoms with Gasteiger partial charge in [-0.1, -0.05) is 0 Å². The minimum absolute atomic E-state index is 0.0387. The zero-order valence-electron chi connectivity index (χ0n) is 8.39. The number of hydrogen-bond acceptors (Lipinski definition) is 2. The predicted octanol–water partition coefficient (Wildman–Crippen LogP) is -0.216. The number of nitrogens with zero attached hydrogens (tertiary/aromatic N) is 1. The van der Waals surface area contributed by atoms with Gasteiger partial charge >= 0.3 is 6.03 Å². The topological polar surface area (TPSA) is 61.4 Å². The van der Waals surface area contributed by atoms with Crippen molar-refractivity contribution in [3.05, 3.63) is 0 Å². The maximum Gasteiger partial charge on any atom is 0.317 e. The van der Waals surface area contributed by atoms with Gasteiger partial charge in [0.2, 0.25) is 5.91 Å². The molecule has 0 aromatic heterocycles. The molecule has 5 nitrogen and oxygen atoms in total. The normalized spacial score (nSPS) is 9.15. The maximum atomic E-state index is 11.1. The van der Waals surface area contributed by atoms with Crippen molar-refractivity contribution in [2.75, 3.05) is 26.7 Å². The Morgan fingerprint density at radius 3 is 2.31 bits per heavy atom. The van der Waals surface area contributed by atoms with Crippen LogP contribution in [0.15, 0.2) is 0 Å². The van der Waals surface area contributed by atoms with E-state index < -0.39 is 0 Å². The number of hydrogen-bond donors (Lipinski definition) is 2. The molecule has 5 heteroatoms. The molecule has 0 aliphatic carbocycles. The van der Waals surface area contributed by atoms with Gasteiger partial charge in [0.25, 0.3) is 0 Å². The molecule has 0 heterocycles. The van der Waals surface area contributed by atoms with E-state index in [-0.39, 0.29) is 18.5 Å². The molecule has 13 heavy (non-hydrogen) atoms. The van der Waals surface area contributed by atoms with E-state index in [9.17, 15) is 9.59 Å². The molecule has 0 bridgehead atoms. The second-order valence-electron chi connectivity index (χ2n) is 2.63. The van der Waals surface area contributed by atoms with E-state index in [0.717, 1.165) is 0 Å². The second-order valence-corrected chi connectivity index (χ2v) is 2.63. The Bertz CT molecular complexity index is 182. The Kier molecular flexibility index (Phi) is 5.67. The first kappa shape index (κ1) is 11.7. The lowest BCUT2D eigenvalue weighted by Crippen LogP contribution is -2.42. The molecule has 0 rings (SSSR count). The van der Waals surface area contributed by atoms with Crippen LogP contribution in [0, 0.1) is 0 Å². The number of amides is 3. The summed E-state index contributed by atoms with van der Waals surface area (Å²) in [6.07, 6.45) is 0. The summed E-state index contributed by atoms with van der Waals surface area (Å²) < 4.78 is 0. The SMILES string of the molecule is CCNC(=O)CNC(=O)N(C)CC. The highest BCUT2D eigenvalue weighted by atomic mass is 16.2. The van der Waals surface area contributed by atoms with Gasteiger partial charge in [-0.2, -0.15) is 0 Å². The summed E-state index contributed by atoms with van der Waals surface area (Å²) in [5.74, 6) is -0.166. The van der Waals surface area contributed by atoms with Crippen molar-refractivity contribution in [2.24, 2.45) is 0 Å². The van der Waals surface area contributed by atoms with Crippen molar-refractivity contribution in [2.45, 2.75) is 13.8 Å². The molecule has 0 saturated heterocycles. The molecule has 0 radical (unpaired) electrons. The average molecular weight is 187 g/mol. The molecular weight excluding hydrogens is 170 g/mol. The number of likely N-dealkylation sites (N-methyl/N-ethyl adjacent to an activating group) is 1. The fourth-order valence-corrected chi connectivity index (χ4v) is 0.694. The van der Waals surface area contributed by atoms with Gasteiger partial charge in [-0.15, -0.1) is 0 Å². The van der Waals surface area contributed by atoms with Crippen molar-refractivity contribution in [1.82, 2.24) is 15.5 Å². The van der Waals surface area contributed by atoms with Crippen LogP contribution in [0.3, 0.4) is 0 Å². The Hall–Kier alpha value is -1.26. The number of rotatable bonds is 4. The van der Waals surface area contributed by atoms with Gasteiger partial charge in [-0.25, -0.2) is 4.79 Å². The zero-order valence-corrected chi connectivity index (χ0v) is 8.39.